The molecule has 0 aromatic heterocycles. The summed E-state index contributed by atoms with van der Waals surface area (Å²) in [5.74, 6) is 0.776. The average molecular weight is 236 g/mol. The molecule has 0 aliphatic carbocycles. The Morgan fingerprint density at radius 1 is 1.47 bits per heavy atom. The van der Waals surface area contributed by atoms with Gasteiger partial charge < -0.3 is 20.5 Å². The Labute approximate surface area is 102 Å². The number of nitrogens with one attached hydrogen (secondary N) is 1. The molecule has 2 rings (SSSR count). The van der Waals surface area contributed by atoms with Crippen molar-refractivity contribution in [2.24, 2.45) is 0 Å². The van der Waals surface area contributed by atoms with Gasteiger partial charge in [-0.15, -0.1) is 0 Å². The van der Waals surface area contributed by atoms with Crippen LogP contribution in [0.2, 0.25) is 0 Å². The predicted molar refractivity (Wildman–Crippen MR) is 69.5 cm³/mol. The third-order valence-corrected chi connectivity index (χ3v) is 3.13. The van der Waals surface area contributed by atoms with Crippen molar-refractivity contribution in [3.8, 4) is 5.75 Å². The topological polar surface area (TPSA) is 56.5 Å². The van der Waals surface area contributed by atoms with Gasteiger partial charge in [-0.05, 0) is 31.9 Å². The van der Waals surface area contributed by atoms with E-state index < -0.39 is 0 Å². The summed E-state index contributed by atoms with van der Waals surface area (Å²) in [5, 5.41) is 3.47. The first-order chi connectivity index (χ1) is 8.13. The fourth-order valence-corrected chi connectivity index (χ4v) is 2.14. The van der Waals surface area contributed by atoms with Gasteiger partial charge in [-0.25, -0.2) is 0 Å². The number of hydrogen-bond acceptors (Lipinski definition) is 4. The number of methoxy groups -OCH3 is 1. The molecule has 3 N–H and O–H groups in total. The maximum absolute atomic E-state index is 5.99. The van der Waals surface area contributed by atoms with Crippen LogP contribution in [0.5, 0.6) is 5.75 Å². The number of nitrogens with two attached hydrogens (primary N) is 1. The first-order valence-electron chi connectivity index (χ1n) is 5.92. The van der Waals surface area contributed by atoms with E-state index in [0.29, 0.717) is 5.69 Å². The van der Waals surface area contributed by atoms with Crippen LogP contribution in [-0.4, -0.2) is 25.9 Å². The summed E-state index contributed by atoms with van der Waals surface area (Å²) < 4.78 is 10.6. The summed E-state index contributed by atoms with van der Waals surface area (Å²) in [5.41, 5.74) is 7.61. The van der Waals surface area contributed by atoms with Gasteiger partial charge in [0.1, 0.15) is 5.75 Å². The van der Waals surface area contributed by atoms with Gasteiger partial charge in [-0.3, -0.25) is 0 Å². The molecule has 1 fully saturated rings. The Kier molecular flexibility index (Phi) is 3.43. The van der Waals surface area contributed by atoms with E-state index in [4.69, 9.17) is 15.2 Å². The minimum atomic E-state index is -0.0268. The second kappa shape index (κ2) is 4.84. The second-order valence-electron chi connectivity index (χ2n) is 4.79. The van der Waals surface area contributed by atoms with Crippen molar-refractivity contribution in [2.75, 3.05) is 31.4 Å². The van der Waals surface area contributed by atoms with Gasteiger partial charge in [0.2, 0.25) is 0 Å². The summed E-state index contributed by atoms with van der Waals surface area (Å²) in [6.07, 6.45) is 2.18. The number of rotatable bonds is 3. The van der Waals surface area contributed by atoms with Gasteiger partial charge in [-0.2, -0.15) is 0 Å². The van der Waals surface area contributed by atoms with Crippen molar-refractivity contribution in [2.45, 2.75) is 25.3 Å². The number of ether oxygens (including phenoxy) is 2. The Balaban J connectivity index is 2.12. The number of benzene rings is 1. The molecule has 1 aliphatic heterocycles. The Morgan fingerprint density at radius 3 is 2.88 bits per heavy atom. The third-order valence-electron chi connectivity index (χ3n) is 3.13. The number of hydrogen-bond donors (Lipinski definition) is 2. The van der Waals surface area contributed by atoms with E-state index in [1.54, 1.807) is 7.11 Å². The van der Waals surface area contributed by atoms with Crippen molar-refractivity contribution in [3.05, 3.63) is 18.2 Å². The molecule has 94 valence electrons. The lowest BCUT2D eigenvalue weighted by Crippen LogP contribution is -2.43. The van der Waals surface area contributed by atoms with Crippen LogP contribution >= 0.6 is 0 Å². The molecule has 1 aliphatic rings. The summed E-state index contributed by atoms with van der Waals surface area (Å²) in [6, 6.07) is 5.69. The van der Waals surface area contributed by atoms with E-state index in [0.717, 1.165) is 37.5 Å². The van der Waals surface area contributed by atoms with Gasteiger partial charge in [0.05, 0.1) is 30.6 Å². The first kappa shape index (κ1) is 12.0. The molecule has 0 radical (unpaired) electrons. The van der Waals surface area contributed by atoms with Crippen molar-refractivity contribution in [3.63, 3.8) is 0 Å². The highest BCUT2D eigenvalue weighted by atomic mass is 16.5. The first-order valence-corrected chi connectivity index (χ1v) is 5.92. The molecule has 1 aromatic rings. The fourth-order valence-electron chi connectivity index (χ4n) is 2.14. The highest BCUT2D eigenvalue weighted by molar-refractivity contribution is 5.69. The molecule has 0 amide bonds. The van der Waals surface area contributed by atoms with Crippen molar-refractivity contribution < 1.29 is 9.47 Å². The van der Waals surface area contributed by atoms with Crippen molar-refractivity contribution in [1.29, 1.82) is 0 Å². The molecule has 0 saturated carbocycles. The van der Waals surface area contributed by atoms with E-state index >= 15 is 0 Å². The molecule has 1 aromatic carbocycles. The SMILES string of the molecule is COc1ccc(NC2(C)CCCOC2)c(N)c1. The minimum absolute atomic E-state index is 0.0268. The van der Waals surface area contributed by atoms with Crippen LogP contribution in [0, 0.1) is 0 Å². The van der Waals surface area contributed by atoms with Gasteiger partial charge in [0, 0.05) is 12.7 Å². The lowest BCUT2D eigenvalue weighted by molar-refractivity contribution is 0.0540. The highest BCUT2D eigenvalue weighted by Crippen LogP contribution is 2.29. The standard InChI is InChI=1S/C13H20N2O2/c1-13(6-3-7-17-9-13)15-12-5-4-10(16-2)8-11(12)14/h4-5,8,15H,3,6-7,9,14H2,1-2H3. The van der Waals surface area contributed by atoms with Gasteiger partial charge in [0.25, 0.3) is 0 Å². The van der Waals surface area contributed by atoms with Crippen LogP contribution in [-0.2, 0) is 4.74 Å². The Bertz CT molecular complexity index is 387. The molecule has 4 heteroatoms. The Morgan fingerprint density at radius 2 is 2.29 bits per heavy atom. The van der Waals surface area contributed by atoms with E-state index in [-0.39, 0.29) is 5.54 Å². The monoisotopic (exact) mass is 236 g/mol. The molecular weight excluding hydrogens is 216 g/mol. The molecular formula is C13H20N2O2. The van der Waals surface area contributed by atoms with Crippen LogP contribution in [0.1, 0.15) is 19.8 Å². The largest absolute Gasteiger partial charge is 0.497 e. The Hall–Kier alpha value is -1.42. The van der Waals surface area contributed by atoms with Crippen molar-refractivity contribution in [1.82, 2.24) is 0 Å². The molecule has 4 nitrogen and oxygen atoms in total. The maximum Gasteiger partial charge on any atom is 0.121 e. The fraction of sp³-hybridized carbons (Fsp3) is 0.538. The van der Waals surface area contributed by atoms with Crippen LogP contribution in [0.4, 0.5) is 11.4 Å². The average Bonchev–Trinajstić information content (AvgIpc) is 2.32. The smallest absolute Gasteiger partial charge is 0.121 e. The molecule has 0 spiro atoms. The van der Waals surface area contributed by atoms with E-state index in [1.165, 1.54) is 0 Å². The zero-order valence-corrected chi connectivity index (χ0v) is 10.5. The summed E-state index contributed by atoms with van der Waals surface area (Å²) in [6.45, 7) is 3.74. The summed E-state index contributed by atoms with van der Waals surface area (Å²) in [7, 11) is 1.64. The number of nitrogen functional groups attached to an aromatic ring is 1. The van der Waals surface area contributed by atoms with Gasteiger partial charge in [0.15, 0.2) is 0 Å². The van der Waals surface area contributed by atoms with Crippen LogP contribution in [0.25, 0.3) is 0 Å². The molecule has 1 unspecified atom stereocenters. The van der Waals surface area contributed by atoms with Crippen molar-refractivity contribution >= 4 is 11.4 Å². The molecule has 1 atom stereocenters. The zero-order valence-electron chi connectivity index (χ0n) is 10.5. The third kappa shape index (κ3) is 2.82. The maximum atomic E-state index is 5.99. The van der Waals surface area contributed by atoms with E-state index in [2.05, 4.69) is 12.2 Å². The molecule has 1 saturated heterocycles. The quantitative estimate of drug-likeness (QED) is 0.790. The second-order valence-corrected chi connectivity index (χ2v) is 4.79. The number of anilines is 2. The highest BCUT2D eigenvalue weighted by Gasteiger charge is 2.27. The minimum Gasteiger partial charge on any atom is -0.497 e. The summed E-state index contributed by atoms with van der Waals surface area (Å²) in [4.78, 5) is 0. The molecule has 17 heavy (non-hydrogen) atoms. The normalized spacial score (nSPS) is 24.4. The van der Waals surface area contributed by atoms with Crippen LogP contribution in [0.15, 0.2) is 18.2 Å². The van der Waals surface area contributed by atoms with E-state index in [1.807, 2.05) is 18.2 Å². The predicted octanol–water partition coefficient (Wildman–Crippen LogP) is 2.26. The lowest BCUT2D eigenvalue weighted by atomic mass is 9.94. The van der Waals surface area contributed by atoms with Gasteiger partial charge in [-0.1, -0.05) is 0 Å². The molecule has 1 heterocycles. The summed E-state index contributed by atoms with van der Waals surface area (Å²) >= 11 is 0. The lowest BCUT2D eigenvalue weighted by Gasteiger charge is -2.35. The van der Waals surface area contributed by atoms with E-state index in [9.17, 15) is 0 Å². The van der Waals surface area contributed by atoms with Crippen LogP contribution < -0.4 is 15.8 Å². The zero-order chi connectivity index (χ0) is 12.3. The van der Waals surface area contributed by atoms with Gasteiger partial charge >= 0.3 is 0 Å². The molecule has 0 bridgehead atoms. The van der Waals surface area contributed by atoms with Crippen LogP contribution in [0.3, 0.4) is 0 Å².